The van der Waals surface area contributed by atoms with Crippen LogP contribution in [0.1, 0.15) is 72.7 Å². The van der Waals surface area contributed by atoms with Gasteiger partial charge in [0, 0.05) is 28.3 Å². The maximum atomic E-state index is 4.06. The Morgan fingerprint density at radius 2 is 0.761 bits per heavy atom. The SMILES string of the molecule is Cc1ccc2c(c1)cc(C1c3ccccc3-c3c1c1c(c4c3C3(c5cc(Br)ccc5-c5ccc(Br)cc53)c3ccccc3-4)C3(c4cc(Br)ccc4-c4ccc(Br)cc43)c3ccccc3-1)c1cc(Br)ccc12. The lowest BCUT2D eigenvalue weighted by atomic mass is 9.65. The molecular formula is C66H35Br5. The van der Waals surface area contributed by atoms with E-state index in [1.165, 1.54) is 144 Å². The number of hydrogen-bond donors (Lipinski definition) is 0. The van der Waals surface area contributed by atoms with E-state index in [1.807, 2.05) is 0 Å². The lowest BCUT2D eigenvalue weighted by Crippen LogP contribution is -2.29. The molecule has 1 unspecified atom stereocenters. The van der Waals surface area contributed by atoms with Crippen LogP contribution in [0.4, 0.5) is 0 Å². The van der Waals surface area contributed by atoms with Gasteiger partial charge in [0.05, 0.1) is 10.8 Å². The predicted octanol–water partition coefficient (Wildman–Crippen LogP) is 20.0. The second kappa shape index (κ2) is 14.5. The predicted molar refractivity (Wildman–Crippen MR) is 310 cm³/mol. The molecule has 0 heterocycles. The highest BCUT2D eigenvalue weighted by Crippen LogP contribution is 2.75. The maximum absolute atomic E-state index is 4.06. The van der Waals surface area contributed by atoms with Crippen molar-refractivity contribution < 1.29 is 0 Å². The molecule has 0 nitrogen and oxygen atoms in total. The van der Waals surface area contributed by atoms with Crippen LogP contribution in [0.25, 0.3) is 77.2 Å². The van der Waals surface area contributed by atoms with E-state index in [1.54, 1.807) is 0 Å². The first-order valence-electron chi connectivity index (χ1n) is 24.0. The van der Waals surface area contributed by atoms with Gasteiger partial charge in [-0.3, -0.25) is 0 Å². The van der Waals surface area contributed by atoms with Gasteiger partial charge in [-0.2, -0.15) is 0 Å². The first-order valence-corrected chi connectivity index (χ1v) is 28.0. The Hall–Kier alpha value is -5.66. The van der Waals surface area contributed by atoms with Crippen molar-refractivity contribution in [2.45, 2.75) is 23.7 Å². The van der Waals surface area contributed by atoms with Crippen molar-refractivity contribution in [3.05, 3.63) is 277 Å². The monoisotopic (exact) mass is 1220 g/mol. The molecule has 5 aliphatic rings. The minimum Gasteiger partial charge on any atom is -0.0619 e. The van der Waals surface area contributed by atoms with Gasteiger partial charge in [-0.05, 0) is 212 Å². The molecule has 5 aliphatic carbocycles. The van der Waals surface area contributed by atoms with Crippen molar-refractivity contribution in [3.63, 3.8) is 0 Å². The van der Waals surface area contributed by atoms with Crippen molar-refractivity contribution in [1.82, 2.24) is 0 Å². The molecule has 5 heteroatoms. The molecule has 2 spiro atoms. The third-order valence-electron chi connectivity index (χ3n) is 16.9. The third kappa shape index (κ3) is 5.10. The summed E-state index contributed by atoms with van der Waals surface area (Å²) >= 11 is 20.2. The Balaban J connectivity index is 1.20. The summed E-state index contributed by atoms with van der Waals surface area (Å²) in [5.41, 5.74) is 27.7. The van der Waals surface area contributed by atoms with Crippen LogP contribution in [-0.2, 0) is 10.8 Å². The molecule has 16 rings (SSSR count). The molecule has 0 fully saturated rings. The molecule has 334 valence electrons. The minimum atomic E-state index is -0.675. The smallest absolute Gasteiger partial charge is 0.0619 e. The molecule has 0 aliphatic heterocycles. The second-order valence-electron chi connectivity index (χ2n) is 20.0. The molecule has 71 heavy (non-hydrogen) atoms. The van der Waals surface area contributed by atoms with Gasteiger partial charge in [0.15, 0.2) is 0 Å². The summed E-state index contributed by atoms with van der Waals surface area (Å²) in [5.74, 6) is -0.110. The number of hydrogen-bond acceptors (Lipinski definition) is 0. The zero-order valence-corrected chi connectivity index (χ0v) is 45.8. The first-order chi connectivity index (χ1) is 34.7. The molecule has 0 saturated heterocycles. The molecule has 11 aromatic carbocycles. The van der Waals surface area contributed by atoms with Gasteiger partial charge >= 0.3 is 0 Å². The van der Waals surface area contributed by atoms with Gasteiger partial charge in [0.1, 0.15) is 0 Å². The van der Waals surface area contributed by atoms with E-state index in [-0.39, 0.29) is 5.92 Å². The summed E-state index contributed by atoms with van der Waals surface area (Å²) in [6.45, 7) is 2.22. The number of rotatable bonds is 1. The maximum Gasteiger partial charge on any atom is 0.0732 e. The zero-order valence-electron chi connectivity index (χ0n) is 37.9. The summed E-state index contributed by atoms with van der Waals surface area (Å²) in [5, 5.41) is 5.08. The molecule has 11 aromatic rings. The van der Waals surface area contributed by atoms with E-state index in [0.29, 0.717) is 0 Å². The zero-order chi connectivity index (χ0) is 47.4. The minimum absolute atomic E-state index is 0.110. The molecule has 0 aromatic heterocycles. The number of fused-ring (bicyclic) bond motifs is 29. The van der Waals surface area contributed by atoms with E-state index >= 15 is 0 Å². The summed E-state index contributed by atoms with van der Waals surface area (Å²) in [6.07, 6.45) is 0. The van der Waals surface area contributed by atoms with Gasteiger partial charge in [-0.1, -0.05) is 207 Å². The van der Waals surface area contributed by atoms with Crippen LogP contribution in [0.2, 0.25) is 0 Å². The molecule has 0 radical (unpaired) electrons. The molecule has 0 amide bonds. The Labute approximate surface area is 453 Å². The lowest BCUT2D eigenvalue weighted by molar-refractivity contribution is 0.776. The lowest BCUT2D eigenvalue weighted by Gasteiger charge is -2.36. The molecule has 0 saturated carbocycles. The number of aryl methyl sites for hydroxylation is 1. The van der Waals surface area contributed by atoms with Gasteiger partial charge in [0.2, 0.25) is 0 Å². The number of halogens is 5. The summed E-state index contributed by atoms with van der Waals surface area (Å²) in [4.78, 5) is 0. The molecule has 1 atom stereocenters. The Bertz CT molecular complexity index is 4100. The van der Waals surface area contributed by atoms with Gasteiger partial charge < -0.3 is 0 Å². The van der Waals surface area contributed by atoms with E-state index < -0.39 is 10.8 Å². The van der Waals surface area contributed by atoms with Gasteiger partial charge in [0.25, 0.3) is 0 Å². The van der Waals surface area contributed by atoms with Crippen molar-refractivity contribution in [1.29, 1.82) is 0 Å². The molecule has 0 N–H and O–H groups in total. The van der Waals surface area contributed by atoms with Gasteiger partial charge in [-0.25, -0.2) is 0 Å². The van der Waals surface area contributed by atoms with E-state index in [9.17, 15) is 0 Å². The van der Waals surface area contributed by atoms with Crippen molar-refractivity contribution in [3.8, 4) is 55.6 Å². The fourth-order valence-electron chi connectivity index (χ4n) is 14.6. The fraction of sp³-hybridized carbons (Fsp3) is 0.0606. The highest BCUT2D eigenvalue weighted by Gasteiger charge is 2.61. The van der Waals surface area contributed by atoms with E-state index in [2.05, 4.69) is 275 Å². The Kier molecular flexibility index (Phi) is 8.57. The van der Waals surface area contributed by atoms with Crippen LogP contribution in [0, 0.1) is 6.92 Å². The summed E-state index contributed by atoms with van der Waals surface area (Å²) in [6, 6.07) is 72.7. The molecule has 0 bridgehead atoms. The normalized spacial score (nSPS) is 15.8. The molecular weight excluding hydrogens is 1190 g/mol. The third-order valence-corrected chi connectivity index (χ3v) is 19.3. The highest BCUT2D eigenvalue weighted by molar-refractivity contribution is 9.11. The Morgan fingerprint density at radius 3 is 1.31 bits per heavy atom. The fourth-order valence-corrected chi connectivity index (χ4v) is 16.4. The Morgan fingerprint density at radius 1 is 0.324 bits per heavy atom. The van der Waals surface area contributed by atoms with Crippen LogP contribution in [0.5, 0.6) is 0 Å². The van der Waals surface area contributed by atoms with Gasteiger partial charge in [-0.15, -0.1) is 0 Å². The topological polar surface area (TPSA) is 0 Å². The average molecular weight is 1230 g/mol. The van der Waals surface area contributed by atoms with Crippen molar-refractivity contribution >= 4 is 101 Å². The van der Waals surface area contributed by atoms with Crippen LogP contribution in [0.15, 0.2) is 210 Å². The van der Waals surface area contributed by atoms with Crippen molar-refractivity contribution in [2.24, 2.45) is 0 Å². The van der Waals surface area contributed by atoms with E-state index in [4.69, 9.17) is 0 Å². The van der Waals surface area contributed by atoms with Crippen LogP contribution in [0.3, 0.4) is 0 Å². The largest absolute Gasteiger partial charge is 0.0732 e. The second-order valence-corrected chi connectivity index (χ2v) is 24.6. The standard InChI is InChI=1S/C66H35Br5/c1-33-14-20-40-34(26-33)27-51(50-28-35(67)15-21-41(40)50)58-46-8-2-3-9-47(46)59-62(58)60-48-10-4-6-12-52(48)65(54-29-36(68)16-22-42(54)43-23-17-37(69)30-55(43)65)64(60)61-49-11-5-7-13-53(49)66(63(59)61)56-31-38(70)18-24-44(56)45-25-19-39(71)32-57(45)66/h2-32,58H,1H3. The summed E-state index contributed by atoms with van der Waals surface area (Å²) in [7, 11) is 0. The quantitative estimate of drug-likeness (QED) is 0.144. The van der Waals surface area contributed by atoms with Crippen LogP contribution >= 0.6 is 79.6 Å². The van der Waals surface area contributed by atoms with Crippen LogP contribution < -0.4 is 0 Å². The average Bonchev–Trinajstić information content (AvgIpc) is 4.14. The summed E-state index contributed by atoms with van der Waals surface area (Å²) < 4.78 is 5.37. The van der Waals surface area contributed by atoms with E-state index in [0.717, 1.165) is 22.4 Å². The first kappa shape index (κ1) is 41.9. The van der Waals surface area contributed by atoms with Crippen LogP contribution in [-0.4, -0.2) is 0 Å². The highest BCUT2D eigenvalue weighted by atomic mass is 79.9. The number of benzene rings is 11. The van der Waals surface area contributed by atoms with Crippen molar-refractivity contribution in [2.75, 3.05) is 0 Å².